The third kappa shape index (κ3) is 14.6. The van der Waals surface area contributed by atoms with Crippen LogP contribution in [0.15, 0.2) is 43.5 Å². The van der Waals surface area contributed by atoms with Crippen LogP contribution in [0.25, 0.3) is 0 Å². The number of rotatable bonds is 20. The first-order valence-corrected chi connectivity index (χ1v) is 12.6. The molecule has 0 radical (unpaired) electrons. The fourth-order valence-electron chi connectivity index (χ4n) is 3.25. The third-order valence-corrected chi connectivity index (χ3v) is 5.93. The van der Waals surface area contributed by atoms with Crippen LogP contribution in [0.1, 0.15) is 89.9 Å². The summed E-state index contributed by atoms with van der Waals surface area (Å²) in [5.41, 5.74) is 0. The van der Waals surface area contributed by atoms with E-state index in [0.29, 0.717) is 0 Å². The zero-order chi connectivity index (χ0) is 21.0. The molecule has 0 unspecified atom stereocenters. The summed E-state index contributed by atoms with van der Waals surface area (Å²) < 4.78 is 13.1. The van der Waals surface area contributed by atoms with Gasteiger partial charge in [-0.1, -0.05) is 63.5 Å². The van der Waals surface area contributed by atoms with E-state index in [1.54, 1.807) is 0 Å². The van der Waals surface area contributed by atoms with Crippen LogP contribution >= 0.6 is 22.6 Å². The predicted molar refractivity (Wildman–Crippen MR) is 135 cm³/mol. The van der Waals surface area contributed by atoms with Crippen molar-refractivity contribution in [2.45, 2.75) is 89.9 Å². The summed E-state index contributed by atoms with van der Waals surface area (Å²) in [6.45, 7) is 9.12. The van der Waals surface area contributed by atoms with Crippen LogP contribution in [0.3, 0.4) is 0 Å². The van der Waals surface area contributed by atoms with Crippen molar-refractivity contribution >= 4 is 22.6 Å². The van der Waals surface area contributed by atoms with Crippen molar-refractivity contribution in [3.8, 4) is 11.5 Å². The largest absolute Gasteiger partial charge is 0.493 e. The number of hydrogen-bond acceptors (Lipinski definition) is 2. The maximum absolute atomic E-state index is 6.01. The molecule has 1 rings (SSSR count). The van der Waals surface area contributed by atoms with Crippen molar-refractivity contribution in [1.82, 2.24) is 0 Å². The van der Waals surface area contributed by atoms with Gasteiger partial charge in [0.15, 0.2) is 0 Å². The lowest BCUT2D eigenvalue weighted by molar-refractivity contribution is 0.288. The molecule has 0 N–H and O–H groups in total. The Kier molecular flexibility index (Phi) is 17.1. The first kappa shape index (κ1) is 26.1. The second-order valence-electron chi connectivity index (χ2n) is 7.69. The maximum atomic E-state index is 6.01. The maximum Gasteiger partial charge on any atom is 0.136 e. The standard InChI is InChI=1S/C26H41IO2/c1-3-5-7-9-11-13-15-17-21-28-24-19-20-25(27)26(23-24)29-22-18-16-14-12-10-8-6-4-2/h3-4,19-20,23H,1-2,5-18,21-22H2. The lowest BCUT2D eigenvalue weighted by Gasteiger charge is -2.11. The van der Waals surface area contributed by atoms with Crippen LogP contribution in [-0.4, -0.2) is 13.2 Å². The minimum Gasteiger partial charge on any atom is -0.493 e. The molecule has 3 heteroatoms. The van der Waals surface area contributed by atoms with Gasteiger partial charge in [-0.15, -0.1) is 13.2 Å². The Labute approximate surface area is 193 Å². The summed E-state index contributed by atoms with van der Waals surface area (Å²) in [6.07, 6.45) is 21.5. The molecular formula is C26H41IO2. The molecule has 0 atom stereocenters. The number of benzene rings is 1. The molecule has 1 aromatic rings. The smallest absolute Gasteiger partial charge is 0.136 e. The molecule has 0 bridgehead atoms. The van der Waals surface area contributed by atoms with Gasteiger partial charge in [0.1, 0.15) is 11.5 Å². The molecule has 0 spiro atoms. The molecule has 2 nitrogen and oxygen atoms in total. The summed E-state index contributed by atoms with van der Waals surface area (Å²) >= 11 is 2.34. The fraction of sp³-hybridized carbons (Fsp3) is 0.615. The molecule has 164 valence electrons. The van der Waals surface area contributed by atoms with Crippen molar-refractivity contribution in [2.24, 2.45) is 0 Å². The Morgan fingerprint density at radius 2 is 1.14 bits per heavy atom. The Balaban J connectivity index is 2.11. The number of ether oxygens (including phenoxy) is 2. The van der Waals surface area contributed by atoms with E-state index in [9.17, 15) is 0 Å². The summed E-state index contributed by atoms with van der Waals surface area (Å²) in [4.78, 5) is 0. The van der Waals surface area contributed by atoms with Gasteiger partial charge in [0.05, 0.1) is 16.8 Å². The van der Waals surface area contributed by atoms with E-state index in [1.165, 1.54) is 64.2 Å². The zero-order valence-corrected chi connectivity index (χ0v) is 20.5. The van der Waals surface area contributed by atoms with E-state index in [2.05, 4.69) is 41.8 Å². The average molecular weight is 513 g/mol. The van der Waals surface area contributed by atoms with E-state index >= 15 is 0 Å². The highest BCUT2D eigenvalue weighted by Gasteiger charge is 2.04. The number of hydrogen-bond donors (Lipinski definition) is 0. The van der Waals surface area contributed by atoms with Crippen molar-refractivity contribution in [2.75, 3.05) is 13.2 Å². The SMILES string of the molecule is C=CCCCCCCCCOc1ccc(I)c(OCCCCCCCCC=C)c1. The van der Waals surface area contributed by atoms with Gasteiger partial charge in [-0.2, -0.15) is 0 Å². The van der Waals surface area contributed by atoms with E-state index in [0.717, 1.165) is 54.0 Å². The number of unbranched alkanes of at least 4 members (excludes halogenated alkanes) is 12. The monoisotopic (exact) mass is 512 g/mol. The van der Waals surface area contributed by atoms with E-state index < -0.39 is 0 Å². The zero-order valence-electron chi connectivity index (χ0n) is 18.3. The van der Waals surface area contributed by atoms with Crippen LogP contribution in [0.2, 0.25) is 0 Å². The molecule has 1 aromatic carbocycles. The molecule has 0 saturated heterocycles. The molecule has 0 aliphatic rings. The van der Waals surface area contributed by atoms with Crippen LogP contribution < -0.4 is 9.47 Å². The van der Waals surface area contributed by atoms with Gasteiger partial charge >= 0.3 is 0 Å². The first-order valence-electron chi connectivity index (χ1n) is 11.5. The van der Waals surface area contributed by atoms with E-state index in [-0.39, 0.29) is 0 Å². The molecule has 0 saturated carbocycles. The second kappa shape index (κ2) is 19.0. The van der Waals surface area contributed by atoms with Crippen molar-refractivity contribution < 1.29 is 9.47 Å². The highest BCUT2D eigenvalue weighted by molar-refractivity contribution is 14.1. The minimum atomic E-state index is 0.790. The quantitative estimate of drug-likeness (QED) is 0.0987. The van der Waals surface area contributed by atoms with Crippen molar-refractivity contribution in [3.05, 3.63) is 47.1 Å². The highest BCUT2D eigenvalue weighted by atomic mass is 127. The normalized spacial score (nSPS) is 10.7. The summed E-state index contributed by atoms with van der Waals surface area (Å²) in [7, 11) is 0. The number of allylic oxidation sites excluding steroid dienone is 2. The van der Waals surface area contributed by atoms with E-state index in [4.69, 9.17) is 9.47 Å². The van der Waals surface area contributed by atoms with Gasteiger partial charge in [-0.05, 0) is 73.2 Å². The van der Waals surface area contributed by atoms with Gasteiger partial charge in [-0.3, -0.25) is 0 Å². The lowest BCUT2D eigenvalue weighted by Crippen LogP contribution is -2.01. The second-order valence-corrected chi connectivity index (χ2v) is 8.85. The highest BCUT2D eigenvalue weighted by Crippen LogP contribution is 2.27. The summed E-state index contributed by atoms with van der Waals surface area (Å²) in [5.74, 6) is 1.88. The molecule has 0 fully saturated rings. The van der Waals surface area contributed by atoms with Gasteiger partial charge in [0, 0.05) is 6.07 Å². The van der Waals surface area contributed by atoms with Crippen LogP contribution in [-0.2, 0) is 0 Å². The predicted octanol–water partition coefficient (Wildman–Crippen LogP) is 8.88. The van der Waals surface area contributed by atoms with E-state index in [1.807, 2.05) is 24.3 Å². The van der Waals surface area contributed by atoms with Crippen molar-refractivity contribution in [3.63, 3.8) is 0 Å². The molecule has 0 aliphatic carbocycles. The minimum absolute atomic E-state index is 0.790. The van der Waals surface area contributed by atoms with Gasteiger partial charge < -0.3 is 9.47 Å². The average Bonchev–Trinajstić information content (AvgIpc) is 2.73. The summed E-state index contributed by atoms with van der Waals surface area (Å²) in [5, 5.41) is 0. The topological polar surface area (TPSA) is 18.5 Å². The van der Waals surface area contributed by atoms with Crippen LogP contribution in [0, 0.1) is 3.57 Å². The Bertz CT molecular complexity index is 542. The summed E-state index contributed by atoms with van der Waals surface area (Å²) in [6, 6.07) is 6.18. The molecule has 29 heavy (non-hydrogen) atoms. The third-order valence-electron chi connectivity index (χ3n) is 5.03. The van der Waals surface area contributed by atoms with Gasteiger partial charge in [0.2, 0.25) is 0 Å². The van der Waals surface area contributed by atoms with Crippen LogP contribution in [0.4, 0.5) is 0 Å². The van der Waals surface area contributed by atoms with Crippen molar-refractivity contribution in [1.29, 1.82) is 0 Å². The van der Waals surface area contributed by atoms with Gasteiger partial charge in [0.25, 0.3) is 0 Å². The fourth-order valence-corrected chi connectivity index (χ4v) is 3.74. The lowest BCUT2D eigenvalue weighted by atomic mass is 10.1. The number of halogens is 1. The molecule has 0 heterocycles. The Morgan fingerprint density at radius 3 is 1.69 bits per heavy atom. The molecule has 0 amide bonds. The van der Waals surface area contributed by atoms with Crippen LogP contribution in [0.5, 0.6) is 11.5 Å². The first-order chi connectivity index (χ1) is 14.3. The molecular weight excluding hydrogens is 471 g/mol. The molecule has 0 aliphatic heterocycles. The Morgan fingerprint density at radius 1 is 0.655 bits per heavy atom. The van der Waals surface area contributed by atoms with Gasteiger partial charge in [-0.25, -0.2) is 0 Å². The Hall–Kier alpha value is -0.970. The molecule has 0 aromatic heterocycles.